The Morgan fingerprint density at radius 1 is 1.15 bits per heavy atom. The summed E-state index contributed by atoms with van der Waals surface area (Å²) >= 11 is 0. The highest BCUT2D eigenvalue weighted by Gasteiger charge is 2.23. The summed E-state index contributed by atoms with van der Waals surface area (Å²) in [5.41, 5.74) is 4.38. The molecule has 3 N–H and O–H groups in total. The van der Waals surface area contributed by atoms with E-state index in [1.165, 1.54) is 11.1 Å². The largest absolute Gasteiger partial charge is 0.390 e. The zero-order valence-electron chi connectivity index (χ0n) is 19.7. The Morgan fingerprint density at radius 2 is 1.94 bits per heavy atom. The monoisotopic (exact) mass is 463 g/mol. The molecule has 0 spiro atoms. The molecular formula is C26H33N5O3. The van der Waals surface area contributed by atoms with Crippen molar-refractivity contribution in [2.45, 2.75) is 44.9 Å². The topological polar surface area (TPSA) is 93.9 Å². The maximum Gasteiger partial charge on any atom is 0.219 e. The fourth-order valence-corrected chi connectivity index (χ4v) is 5.05. The molecule has 2 aromatic carbocycles. The summed E-state index contributed by atoms with van der Waals surface area (Å²) in [6, 6.07) is 14.8. The molecule has 1 aromatic heterocycles. The zero-order chi connectivity index (χ0) is 23.5. The Bertz CT molecular complexity index is 1140. The molecule has 3 aromatic rings. The van der Waals surface area contributed by atoms with Crippen molar-refractivity contribution < 1.29 is 14.4 Å². The van der Waals surface area contributed by atoms with Crippen LogP contribution in [0, 0.1) is 0 Å². The number of nitrogens with one attached hydrogen (secondary N) is 2. The van der Waals surface area contributed by atoms with Gasteiger partial charge < -0.3 is 25.2 Å². The molecule has 0 bridgehead atoms. The molecule has 5 rings (SSSR count). The molecule has 0 saturated carbocycles. The summed E-state index contributed by atoms with van der Waals surface area (Å²) in [5.74, 6) is 0.784. The van der Waals surface area contributed by atoms with Crippen molar-refractivity contribution in [2.24, 2.45) is 0 Å². The summed E-state index contributed by atoms with van der Waals surface area (Å²) in [6.45, 7) is 6.02. The molecule has 180 valence electrons. The van der Waals surface area contributed by atoms with Gasteiger partial charge in [0.05, 0.1) is 17.2 Å². The van der Waals surface area contributed by atoms with Gasteiger partial charge in [0, 0.05) is 52.2 Å². The third-order valence-electron chi connectivity index (χ3n) is 6.98. The first kappa shape index (κ1) is 22.7. The first-order valence-electron chi connectivity index (χ1n) is 12.2. The Balaban J connectivity index is 1.16. The van der Waals surface area contributed by atoms with Gasteiger partial charge in [-0.1, -0.05) is 35.5 Å². The van der Waals surface area contributed by atoms with E-state index in [0.29, 0.717) is 30.5 Å². The van der Waals surface area contributed by atoms with E-state index in [9.17, 15) is 9.90 Å². The lowest BCUT2D eigenvalue weighted by Crippen LogP contribution is -2.41. The van der Waals surface area contributed by atoms with E-state index in [-0.39, 0.29) is 5.91 Å². The predicted octanol–water partition coefficient (Wildman–Crippen LogP) is 3.08. The van der Waals surface area contributed by atoms with Crippen LogP contribution in [0.4, 0.5) is 11.5 Å². The van der Waals surface area contributed by atoms with Gasteiger partial charge in [0.1, 0.15) is 0 Å². The van der Waals surface area contributed by atoms with Crippen LogP contribution in [0.25, 0.3) is 11.0 Å². The molecule has 1 amide bonds. The second-order valence-corrected chi connectivity index (χ2v) is 9.43. The van der Waals surface area contributed by atoms with Crippen LogP contribution in [0.2, 0.25) is 0 Å². The number of rotatable bonds is 7. The molecule has 0 radical (unpaired) electrons. The number of nitrogens with zero attached hydrogens (tertiary/aromatic N) is 3. The van der Waals surface area contributed by atoms with Gasteiger partial charge in [-0.05, 0) is 42.5 Å². The number of aliphatic hydroxyl groups is 1. The minimum absolute atomic E-state index is 0.138. The second-order valence-electron chi connectivity index (χ2n) is 9.43. The summed E-state index contributed by atoms with van der Waals surface area (Å²) in [5, 5.41) is 22.6. The lowest BCUT2D eigenvalue weighted by Gasteiger charge is -2.32. The second kappa shape index (κ2) is 10.0. The van der Waals surface area contributed by atoms with Crippen LogP contribution < -0.4 is 10.6 Å². The number of hydrogen-bond donors (Lipinski definition) is 3. The number of carbonyl (C=O) groups is 1. The van der Waals surface area contributed by atoms with Crippen LogP contribution in [0.5, 0.6) is 0 Å². The lowest BCUT2D eigenvalue weighted by molar-refractivity contribution is -0.129. The van der Waals surface area contributed by atoms with E-state index < -0.39 is 6.10 Å². The number of piperidine rings is 1. The van der Waals surface area contributed by atoms with E-state index in [4.69, 9.17) is 4.52 Å². The molecule has 1 fully saturated rings. The van der Waals surface area contributed by atoms with Crippen LogP contribution in [0.15, 0.2) is 47.0 Å². The standard InChI is InChI=1S/C26H33N5O3/c1-18(32)31-13-10-21(11-14-31)28-24-8-4-7-23-25(24)34-29-26(23)27-15-22(33)17-30-12-9-19-5-2-3-6-20(19)16-30/h2-8,21-22,28,33H,9-17H2,1H3,(H,27,29)/t22-/m0/s1. The Kier molecular flexibility index (Phi) is 6.69. The maximum absolute atomic E-state index is 11.6. The van der Waals surface area contributed by atoms with Crippen molar-refractivity contribution >= 4 is 28.4 Å². The quantitative estimate of drug-likeness (QED) is 0.496. The van der Waals surface area contributed by atoms with Crippen LogP contribution in [-0.2, 0) is 17.8 Å². The van der Waals surface area contributed by atoms with Crippen LogP contribution >= 0.6 is 0 Å². The zero-order valence-corrected chi connectivity index (χ0v) is 19.7. The van der Waals surface area contributed by atoms with E-state index in [1.54, 1.807) is 6.92 Å². The number of hydrogen-bond acceptors (Lipinski definition) is 7. The normalized spacial score (nSPS) is 18.0. The first-order valence-corrected chi connectivity index (χ1v) is 12.2. The number of aliphatic hydroxyl groups excluding tert-OH is 1. The highest BCUT2D eigenvalue weighted by Crippen LogP contribution is 2.30. The SMILES string of the molecule is CC(=O)N1CCC(Nc2cccc3c(NC[C@H](O)CN4CCc5ccccc5C4)noc23)CC1. The van der Waals surface area contributed by atoms with Crippen LogP contribution in [-0.4, -0.2) is 70.8 Å². The number of likely N-dealkylation sites (tertiary alicyclic amines) is 1. The average Bonchev–Trinajstić information content (AvgIpc) is 3.27. The van der Waals surface area contributed by atoms with Gasteiger partial charge in [0.2, 0.25) is 5.91 Å². The van der Waals surface area contributed by atoms with Crippen molar-refractivity contribution in [2.75, 3.05) is 43.4 Å². The van der Waals surface area contributed by atoms with Crippen molar-refractivity contribution in [3.8, 4) is 0 Å². The van der Waals surface area contributed by atoms with Gasteiger partial charge in [-0.2, -0.15) is 0 Å². The number of β-amino-alcohol motifs (C(OH)–C–C–N with tert-alkyl or cyclic N) is 1. The van der Waals surface area contributed by atoms with Gasteiger partial charge in [0.25, 0.3) is 0 Å². The third-order valence-corrected chi connectivity index (χ3v) is 6.98. The highest BCUT2D eigenvalue weighted by atomic mass is 16.5. The number of fused-ring (bicyclic) bond motifs is 2. The molecule has 3 heterocycles. The van der Waals surface area contributed by atoms with Gasteiger partial charge in [-0.3, -0.25) is 9.69 Å². The highest BCUT2D eigenvalue weighted by molar-refractivity contribution is 5.96. The smallest absolute Gasteiger partial charge is 0.219 e. The molecule has 0 unspecified atom stereocenters. The Morgan fingerprint density at radius 3 is 2.74 bits per heavy atom. The van der Waals surface area contributed by atoms with Crippen molar-refractivity contribution in [1.82, 2.24) is 15.0 Å². The summed E-state index contributed by atoms with van der Waals surface area (Å²) in [4.78, 5) is 15.8. The van der Waals surface area contributed by atoms with E-state index >= 15 is 0 Å². The Hall–Kier alpha value is -3.10. The molecule has 8 nitrogen and oxygen atoms in total. The maximum atomic E-state index is 11.6. The third kappa shape index (κ3) is 5.03. The van der Waals surface area contributed by atoms with Gasteiger partial charge in [0.15, 0.2) is 11.4 Å². The van der Waals surface area contributed by atoms with E-state index in [2.05, 4.69) is 45.0 Å². The number of amides is 1. The van der Waals surface area contributed by atoms with Gasteiger partial charge in [-0.25, -0.2) is 0 Å². The molecule has 34 heavy (non-hydrogen) atoms. The number of carbonyl (C=O) groups excluding carboxylic acids is 1. The minimum Gasteiger partial charge on any atom is -0.390 e. The number of benzene rings is 2. The Labute approximate surface area is 199 Å². The number of anilines is 2. The van der Waals surface area contributed by atoms with Crippen molar-refractivity contribution in [1.29, 1.82) is 0 Å². The predicted molar refractivity (Wildman–Crippen MR) is 133 cm³/mol. The molecule has 8 heteroatoms. The number of aromatic nitrogens is 1. The van der Waals surface area contributed by atoms with E-state index in [1.807, 2.05) is 23.1 Å². The average molecular weight is 464 g/mol. The van der Waals surface area contributed by atoms with Gasteiger partial charge >= 0.3 is 0 Å². The molecule has 1 saturated heterocycles. The molecule has 0 aliphatic carbocycles. The van der Waals surface area contributed by atoms with E-state index in [0.717, 1.165) is 56.5 Å². The molecular weight excluding hydrogens is 430 g/mol. The van der Waals surface area contributed by atoms with Gasteiger partial charge in [-0.15, -0.1) is 0 Å². The summed E-state index contributed by atoms with van der Waals surface area (Å²) < 4.78 is 5.67. The fourth-order valence-electron chi connectivity index (χ4n) is 5.05. The molecule has 2 aliphatic rings. The summed E-state index contributed by atoms with van der Waals surface area (Å²) in [7, 11) is 0. The van der Waals surface area contributed by atoms with Crippen LogP contribution in [0.1, 0.15) is 30.9 Å². The number of para-hydroxylation sites is 1. The van der Waals surface area contributed by atoms with Crippen LogP contribution in [0.3, 0.4) is 0 Å². The van der Waals surface area contributed by atoms with Crippen molar-refractivity contribution in [3.63, 3.8) is 0 Å². The summed E-state index contributed by atoms with van der Waals surface area (Å²) in [6.07, 6.45) is 2.32. The lowest BCUT2D eigenvalue weighted by atomic mass is 10.00. The molecule has 1 atom stereocenters. The molecule has 2 aliphatic heterocycles. The van der Waals surface area contributed by atoms with Crippen molar-refractivity contribution in [3.05, 3.63) is 53.6 Å². The fraction of sp³-hybridized carbons (Fsp3) is 0.462. The minimum atomic E-state index is -0.509. The first-order chi connectivity index (χ1) is 16.6.